The zero-order valence-electron chi connectivity index (χ0n) is 11.4. The van der Waals surface area contributed by atoms with Gasteiger partial charge in [-0.05, 0) is 11.5 Å². The molecule has 108 valence electrons. The van der Waals surface area contributed by atoms with Gasteiger partial charge in [0.05, 0.1) is 18.4 Å². The van der Waals surface area contributed by atoms with Crippen molar-refractivity contribution in [2.75, 3.05) is 26.0 Å². The van der Waals surface area contributed by atoms with Gasteiger partial charge in [0.1, 0.15) is 0 Å². The molecule has 6 heteroatoms. The van der Waals surface area contributed by atoms with Gasteiger partial charge >= 0.3 is 0 Å². The first-order valence-corrected chi connectivity index (χ1v) is 7.87. The second-order valence-corrected chi connectivity index (χ2v) is 6.40. The largest absolute Gasteiger partial charge is 0.383 e. The summed E-state index contributed by atoms with van der Waals surface area (Å²) in [6.07, 6.45) is 0. The molecule has 19 heavy (non-hydrogen) atoms. The highest BCUT2D eigenvalue weighted by Crippen LogP contribution is 2.16. The molecule has 3 N–H and O–H groups in total. The summed E-state index contributed by atoms with van der Waals surface area (Å²) in [5, 5.41) is 0. The predicted octanol–water partition coefficient (Wildman–Crippen LogP) is 0.683. The maximum Gasteiger partial charge on any atom is 0.212 e. The highest BCUT2D eigenvalue weighted by atomic mass is 32.2. The van der Waals surface area contributed by atoms with Gasteiger partial charge in [0.25, 0.3) is 0 Å². The molecule has 0 saturated heterocycles. The average molecular weight is 286 g/mol. The van der Waals surface area contributed by atoms with E-state index in [2.05, 4.69) is 4.72 Å². The van der Waals surface area contributed by atoms with Gasteiger partial charge in [0.15, 0.2) is 0 Å². The van der Waals surface area contributed by atoms with Crippen molar-refractivity contribution < 1.29 is 13.2 Å². The van der Waals surface area contributed by atoms with Gasteiger partial charge in [-0.1, -0.05) is 37.3 Å². The molecule has 1 rings (SSSR count). The smallest absolute Gasteiger partial charge is 0.212 e. The van der Waals surface area contributed by atoms with Crippen LogP contribution in [0.25, 0.3) is 0 Å². The summed E-state index contributed by atoms with van der Waals surface area (Å²) in [7, 11) is -1.86. The molecule has 0 aliphatic heterocycles. The third-order valence-electron chi connectivity index (χ3n) is 2.84. The molecule has 0 amide bonds. The summed E-state index contributed by atoms with van der Waals surface area (Å²) in [6, 6.07) is 9.19. The van der Waals surface area contributed by atoms with Crippen molar-refractivity contribution >= 4 is 10.0 Å². The molecule has 0 spiro atoms. The first-order chi connectivity index (χ1) is 8.98. The molecule has 5 nitrogen and oxygen atoms in total. The van der Waals surface area contributed by atoms with Crippen molar-refractivity contribution in [2.45, 2.75) is 18.9 Å². The van der Waals surface area contributed by atoms with Crippen molar-refractivity contribution in [1.29, 1.82) is 0 Å². The minimum atomic E-state index is -3.37. The fourth-order valence-electron chi connectivity index (χ4n) is 1.86. The van der Waals surface area contributed by atoms with Gasteiger partial charge in [-0.15, -0.1) is 0 Å². The topological polar surface area (TPSA) is 81.4 Å². The van der Waals surface area contributed by atoms with Gasteiger partial charge in [0.2, 0.25) is 10.0 Å². The van der Waals surface area contributed by atoms with E-state index in [0.717, 1.165) is 5.56 Å². The third kappa shape index (κ3) is 5.69. The van der Waals surface area contributed by atoms with Gasteiger partial charge in [-0.25, -0.2) is 13.1 Å². The van der Waals surface area contributed by atoms with Gasteiger partial charge in [-0.3, -0.25) is 0 Å². The molecular weight excluding hydrogens is 264 g/mol. The van der Waals surface area contributed by atoms with Crippen molar-refractivity contribution in [2.24, 2.45) is 5.73 Å². The van der Waals surface area contributed by atoms with Crippen LogP contribution >= 0.6 is 0 Å². The zero-order valence-corrected chi connectivity index (χ0v) is 12.2. The number of nitrogens with one attached hydrogen (secondary N) is 1. The molecule has 0 saturated carbocycles. The fourth-order valence-corrected chi connectivity index (χ4v) is 3.48. The highest BCUT2D eigenvalue weighted by molar-refractivity contribution is 7.89. The molecule has 2 unspecified atom stereocenters. The Hall–Kier alpha value is -0.950. The number of hydrogen-bond acceptors (Lipinski definition) is 4. The number of methoxy groups -OCH3 is 1. The van der Waals surface area contributed by atoms with Gasteiger partial charge in [0, 0.05) is 13.7 Å². The highest BCUT2D eigenvalue weighted by Gasteiger charge is 2.20. The van der Waals surface area contributed by atoms with Crippen LogP contribution in [0, 0.1) is 0 Å². The average Bonchev–Trinajstić information content (AvgIpc) is 2.38. The van der Waals surface area contributed by atoms with E-state index in [9.17, 15) is 8.42 Å². The maximum atomic E-state index is 12.0. The molecule has 1 aromatic rings. The Morgan fingerprint density at radius 1 is 1.32 bits per heavy atom. The van der Waals surface area contributed by atoms with Crippen LogP contribution in [0.15, 0.2) is 30.3 Å². The predicted molar refractivity (Wildman–Crippen MR) is 76.5 cm³/mol. The number of hydrogen-bond donors (Lipinski definition) is 2. The molecular formula is C13H22N2O3S. The molecule has 0 aromatic heterocycles. The lowest BCUT2D eigenvalue weighted by Gasteiger charge is -2.18. The van der Waals surface area contributed by atoms with E-state index in [4.69, 9.17) is 10.5 Å². The van der Waals surface area contributed by atoms with Crippen LogP contribution in [0.5, 0.6) is 0 Å². The van der Waals surface area contributed by atoms with Crippen LogP contribution in [-0.2, 0) is 14.8 Å². The molecule has 0 aliphatic carbocycles. The molecule has 0 heterocycles. The van der Waals surface area contributed by atoms with E-state index in [-0.39, 0.29) is 30.9 Å². The van der Waals surface area contributed by atoms with Gasteiger partial charge in [-0.2, -0.15) is 0 Å². The number of rotatable bonds is 8. The van der Waals surface area contributed by atoms with Crippen molar-refractivity contribution in [1.82, 2.24) is 4.72 Å². The molecule has 0 fully saturated rings. The normalized spacial score (nSPS) is 15.1. The summed E-state index contributed by atoms with van der Waals surface area (Å²) in [5.74, 6) is -0.0308. The number of nitrogens with two attached hydrogens (primary N) is 1. The van der Waals surface area contributed by atoms with E-state index in [1.807, 2.05) is 37.3 Å². The standard InChI is InChI=1S/C13H22N2O3S/c1-11(12-6-4-3-5-7-12)10-19(16,17)15-13(8-14)9-18-2/h3-7,11,13,15H,8-10,14H2,1-2H3. The maximum absolute atomic E-state index is 12.0. The second kappa shape index (κ2) is 7.59. The fraction of sp³-hybridized carbons (Fsp3) is 0.538. The van der Waals surface area contributed by atoms with E-state index < -0.39 is 10.0 Å². The molecule has 2 atom stereocenters. The van der Waals surface area contributed by atoms with Crippen LogP contribution in [-0.4, -0.2) is 40.5 Å². The number of sulfonamides is 1. The number of benzene rings is 1. The molecule has 0 bridgehead atoms. The lowest BCUT2D eigenvalue weighted by Crippen LogP contribution is -2.44. The molecule has 0 radical (unpaired) electrons. The second-order valence-electron chi connectivity index (χ2n) is 4.60. The van der Waals surface area contributed by atoms with Crippen LogP contribution in [0.1, 0.15) is 18.4 Å². The Labute approximate surface area is 115 Å². The Bertz CT molecular complexity index is 462. The third-order valence-corrected chi connectivity index (χ3v) is 4.47. The van der Waals surface area contributed by atoms with E-state index in [0.29, 0.717) is 0 Å². The van der Waals surface area contributed by atoms with Gasteiger partial charge < -0.3 is 10.5 Å². The Kier molecular flexibility index (Phi) is 6.44. The van der Waals surface area contributed by atoms with Crippen LogP contribution < -0.4 is 10.5 Å². The minimum absolute atomic E-state index is 0.0389. The van der Waals surface area contributed by atoms with Crippen molar-refractivity contribution in [3.05, 3.63) is 35.9 Å². The Morgan fingerprint density at radius 2 is 1.95 bits per heavy atom. The van der Waals surface area contributed by atoms with E-state index in [1.165, 1.54) is 7.11 Å². The first-order valence-electron chi connectivity index (χ1n) is 6.22. The monoisotopic (exact) mass is 286 g/mol. The minimum Gasteiger partial charge on any atom is -0.383 e. The van der Waals surface area contributed by atoms with E-state index >= 15 is 0 Å². The summed E-state index contributed by atoms with van der Waals surface area (Å²) < 4.78 is 31.6. The van der Waals surface area contributed by atoms with E-state index in [1.54, 1.807) is 0 Å². The molecule has 1 aromatic carbocycles. The lowest BCUT2D eigenvalue weighted by atomic mass is 10.0. The van der Waals surface area contributed by atoms with Crippen LogP contribution in [0.2, 0.25) is 0 Å². The summed E-state index contributed by atoms with van der Waals surface area (Å²) in [6.45, 7) is 2.38. The Balaban J connectivity index is 2.64. The van der Waals surface area contributed by atoms with Crippen LogP contribution in [0.4, 0.5) is 0 Å². The zero-order chi connectivity index (χ0) is 14.3. The molecule has 0 aliphatic rings. The summed E-state index contributed by atoms with van der Waals surface area (Å²) >= 11 is 0. The summed E-state index contributed by atoms with van der Waals surface area (Å²) in [5.41, 5.74) is 6.50. The van der Waals surface area contributed by atoms with Crippen LogP contribution in [0.3, 0.4) is 0 Å². The first kappa shape index (κ1) is 16.1. The quantitative estimate of drug-likeness (QED) is 0.736. The van der Waals surface area contributed by atoms with Crippen molar-refractivity contribution in [3.8, 4) is 0 Å². The number of ether oxygens (including phenoxy) is 1. The lowest BCUT2D eigenvalue weighted by molar-refractivity contribution is 0.177. The Morgan fingerprint density at radius 3 is 2.47 bits per heavy atom. The summed E-state index contributed by atoms with van der Waals surface area (Å²) in [4.78, 5) is 0. The van der Waals surface area contributed by atoms with Crippen molar-refractivity contribution in [3.63, 3.8) is 0 Å². The SMILES string of the molecule is COCC(CN)NS(=O)(=O)CC(C)c1ccccc1.